The van der Waals surface area contributed by atoms with Gasteiger partial charge in [0.25, 0.3) is 0 Å². The summed E-state index contributed by atoms with van der Waals surface area (Å²) >= 11 is -4.90. The Bertz CT molecular complexity index is 465. The monoisotopic (exact) mass is 319 g/mol. The molecule has 0 atom stereocenters. The maximum atomic E-state index is 11.4. The fourth-order valence-corrected chi connectivity index (χ4v) is 3.53. The fourth-order valence-electron chi connectivity index (χ4n) is 2.03. The molecule has 0 unspecified atom stereocenters. The molecule has 0 aliphatic rings. The first-order chi connectivity index (χ1) is 8.49. The van der Waals surface area contributed by atoms with Crippen molar-refractivity contribution in [1.82, 2.24) is 4.90 Å². The summed E-state index contributed by atoms with van der Waals surface area (Å²) in [5.41, 5.74) is 0.687. The number of benzene rings is 1. The molecule has 0 aromatic heterocycles. The summed E-state index contributed by atoms with van der Waals surface area (Å²) in [4.78, 5) is 2.21. The van der Waals surface area contributed by atoms with Gasteiger partial charge in [0.2, 0.25) is 0 Å². The van der Waals surface area contributed by atoms with E-state index in [0.29, 0.717) is 12.1 Å². The van der Waals surface area contributed by atoms with E-state index in [1.54, 1.807) is 18.2 Å². The van der Waals surface area contributed by atoms with Gasteiger partial charge >= 0.3 is 110 Å². The van der Waals surface area contributed by atoms with E-state index in [0.717, 1.165) is 25.9 Å². The van der Waals surface area contributed by atoms with Crippen LogP contribution in [0.1, 0.15) is 32.3 Å². The van der Waals surface area contributed by atoms with E-state index in [4.69, 9.17) is 0 Å². The van der Waals surface area contributed by atoms with E-state index in [-0.39, 0.29) is 4.46 Å². The molecule has 0 fully saturated rings. The molecule has 0 heterocycles. The summed E-state index contributed by atoms with van der Waals surface area (Å²) in [7, 11) is 0. The Morgan fingerprint density at radius 3 is 2.17 bits per heavy atom. The third-order valence-electron chi connectivity index (χ3n) is 2.72. The summed E-state index contributed by atoms with van der Waals surface area (Å²) in [6.07, 6.45) is 2.06. The van der Waals surface area contributed by atoms with Gasteiger partial charge in [0.1, 0.15) is 0 Å². The number of nitrogens with zero attached hydrogens (tertiary/aromatic N) is 1. The van der Waals surface area contributed by atoms with Gasteiger partial charge in [0.15, 0.2) is 0 Å². The maximum absolute atomic E-state index is 11.4. The zero-order chi connectivity index (χ0) is 13.6. The van der Waals surface area contributed by atoms with Crippen LogP contribution in [-0.4, -0.2) is 35.2 Å². The van der Waals surface area contributed by atoms with Crippen molar-refractivity contribution in [2.24, 2.45) is 0 Å². The topological polar surface area (TPSA) is 57.6 Å². The van der Waals surface area contributed by atoms with Crippen LogP contribution in [0.4, 0.5) is 0 Å². The van der Waals surface area contributed by atoms with Gasteiger partial charge in [-0.05, 0) is 0 Å². The molecule has 1 aromatic rings. The summed E-state index contributed by atoms with van der Waals surface area (Å²) in [5, 5.41) is 0. The Labute approximate surface area is 111 Å². The molecular formula is C13H21NO3Se. The third-order valence-corrected chi connectivity index (χ3v) is 4.73. The van der Waals surface area contributed by atoms with Crippen LogP contribution in [0, 0.1) is 0 Å². The molecule has 0 radical (unpaired) electrons. The van der Waals surface area contributed by atoms with Crippen LogP contribution in [0.2, 0.25) is 0 Å². The summed E-state index contributed by atoms with van der Waals surface area (Å²) in [5.74, 6) is 0. The van der Waals surface area contributed by atoms with Crippen molar-refractivity contribution in [1.29, 1.82) is 0 Å². The van der Waals surface area contributed by atoms with Gasteiger partial charge in [-0.2, -0.15) is 0 Å². The normalized spacial score (nSPS) is 12.0. The van der Waals surface area contributed by atoms with Gasteiger partial charge < -0.3 is 0 Å². The average Bonchev–Trinajstić information content (AvgIpc) is 2.29. The summed E-state index contributed by atoms with van der Waals surface area (Å²) < 4.78 is 32.1. The van der Waals surface area contributed by atoms with Crippen LogP contribution in [0.3, 0.4) is 0 Å². The van der Waals surface area contributed by atoms with E-state index < -0.39 is 13.0 Å². The molecule has 102 valence electrons. The minimum absolute atomic E-state index is 0.0888. The van der Waals surface area contributed by atoms with Crippen LogP contribution in [-0.2, 0) is 14.2 Å². The number of rotatable bonds is 7. The first-order valence-corrected chi connectivity index (χ1v) is 9.29. The second-order valence-corrected chi connectivity index (χ2v) is 7.28. The van der Waals surface area contributed by atoms with Crippen molar-refractivity contribution < 1.29 is 11.9 Å². The zero-order valence-corrected chi connectivity index (χ0v) is 12.7. The number of hydrogen-bond donors (Lipinski definition) is 1. The van der Waals surface area contributed by atoms with Crippen LogP contribution in [0.25, 0.3) is 0 Å². The molecule has 5 heteroatoms. The van der Waals surface area contributed by atoms with Gasteiger partial charge in [-0.15, -0.1) is 0 Å². The quantitative estimate of drug-likeness (QED) is 0.770. The van der Waals surface area contributed by atoms with Crippen molar-refractivity contribution in [3.8, 4) is 0 Å². The van der Waals surface area contributed by atoms with E-state index in [9.17, 15) is 11.9 Å². The molecule has 4 nitrogen and oxygen atoms in total. The molecule has 1 N–H and O–H groups in total. The van der Waals surface area contributed by atoms with Gasteiger partial charge in [0.05, 0.1) is 0 Å². The Morgan fingerprint density at radius 2 is 1.67 bits per heavy atom. The van der Waals surface area contributed by atoms with Crippen molar-refractivity contribution in [2.75, 3.05) is 13.1 Å². The Kier molecular flexibility index (Phi) is 5.96. The van der Waals surface area contributed by atoms with Crippen molar-refractivity contribution in [3.05, 3.63) is 29.8 Å². The predicted molar refractivity (Wildman–Crippen MR) is 71.3 cm³/mol. The van der Waals surface area contributed by atoms with Crippen LogP contribution in [0.15, 0.2) is 24.3 Å². The van der Waals surface area contributed by atoms with E-state index in [1.165, 1.54) is 6.07 Å². The zero-order valence-electron chi connectivity index (χ0n) is 11.0. The van der Waals surface area contributed by atoms with E-state index in [2.05, 4.69) is 18.7 Å². The number of hydrogen-bond acceptors (Lipinski definition) is 3. The molecule has 0 spiro atoms. The molecule has 0 bridgehead atoms. The molecule has 0 aliphatic heterocycles. The predicted octanol–water partition coefficient (Wildman–Crippen LogP) is 1.31. The molecule has 0 saturated carbocycles. The minimum atomic E-state index is -4.90. The van der Waals surface area contributed by atoms with Gasteiger partial charge in [-0.3, -0.25) is 0 Å². The van der Waals surface area contributed by atoms with Crippen LogP contribution in [0.5, 0.6) is 0 Å². The molecule has 1 rings (SSSR count). The van der Waals surface area contributed by atoms with Crippen molar-refractivity contribution in [2.45, 2.75) is 33.2 Å². The molecule has 1 aromatic carbocycles. The van der Waals surface area contributed by atoms with Gasteiger partial charge in [0, 0.05) is 0 Å². The molecule has 0 saturated heterocycles. The van der Waals surface area contributed by atoms with Gasteiger partial charge in [-0.25, -0.2) is 0 Å². The molecule has 0 amide bonds. The van der Waals surface area contributed by atoms with Crippen molar-refractivity contribution >= 4 is 17.5 Å². The SMILES string of the molecule is CCCN(CCC)Cc1ccccc1[Se](=O)(=O)O. The first-order valence-electron chi connectivity index (χ1n) is 6.26. The Hall–Kier alpha value is -0.741. The molecule has 0 aliphatic carbocycles. The van der Waals surface area contributed by atoms with E-state index in [1.807, 2.05) is 0 Å². The fraction of sp³-hybridized carbons (Fsp3) is 0.538. The second kappa shape index (κ2) is 7.00. The second-order valence-electron chi connectivity index (χ2n) is 4.36. The van der Waals surface area contributed by atoms with E-state index >= 15 is 0 Å². The van der Waals surface area contributed by atoms with Crippen molar-refractivity contribution in [3.63, 3.8) is 0 Å². The first kappa shape index (κ1) is 15.3. The van der Waals surface area contributed by atoms with Gasteiger partial charge in [-0.1, -0.05) is 0 Å². The molecular weight excluding hydrogens is 297 g/mol. The standard InChI is InChI=1S/C13H21NO3Se/c1-3-9-14(10-4-2)11-12-7-5-6-8-13(12)18(15,16)17/h5-8H,3-4,9-11H2,1-2H3,(H,15,16,17). The summed E-state index contributed by atoms with van der Waals surface area (Å²) in [6, 6.07) is 6.69. The molecule has 18 heavy (non-hydrogen) atoms. The van der Waals surface area contributed by atoms with Crippen LogP contribution >= 0.6 is 0 Å². The average molecular weight is 318 g/mol. The Morgan fingerprint density at radius 1 is 1.11 bits per heavy atom. The van der Waals surface area contributed by atoms with Crippen LogP contribution < -0.4 is 4.46 Å². The summed E-state index contributed by atoms with van der Waals surface area (Å²) in [6.45, 7) is 6.63. The third kappa shape index (κ3) is 4.50. The Balaban J connectivity index is 2.95.